The summed E-state index contributed by atoms with van der Waals surface area (Å²) in [7, 11) is -4.54. The lowest BCUT2D eigenvalue weighted by atomic mass is 9.90. The zero-order valence-corrected chi connectivity index (χ0v) is 26.4. The number of hydrogen-bond donors (Lipinski definition) is 1. The molecule has 9 heteroatoms. The van der Waals surface area contributed by atoms with Crippen LogP contribution >= 0.6 is 0 Å². The number of alkyl halides is 2. The molecule has 1 N–H and O–H groups in total. The van der Waals surface area contributed by atoms with Crippen molar-refractivity contribution < 1.29 is 26.7 Å². The first-order valence-electron chi connectivity index (χ1n) is 15.5. The van der Waals surface area contributed by atoms with E-state index in [1.54, 1.807) is 36.4 Å². The minimum Gasteiger partial charge on any atom is -0.491 e. The third kappa shape index (κ3) is 6.33. The van der Waals surface area contributed by atoms with E-state index in [1.807, 2.05) is 44.2 Å². The summed E-state index contributed by atoms with van der Waals surface area (Å²) in [5.41, 5.74) is 1.16. The fourth-order valence-electron chi connectivity index (χ4n) is 6.86. The molecule has 2 aliphatic rings. The summed E-state index contributed by atoms with van der Waals surface area (Å²) in [5.74, 6) is -3.70. The highest BCUT2D eigenvalue weighted by Crippen LogP contribution is 2.42. The van der Waals surface area contributed by atoms with Gasteiger partial charge in [0.15, 0.2) is 6.04 Å². The molecular formula is C36H38F2N2O4S. The largest absolute Gasteiger partial charge is 0.491 e. The zero-order chi connectivity index (χ0) is 31.9. The summed E-state index contributed by atoms with van der Waals surface area (Å²) >= 11 is 0. The molecule has 2 heterocycles. The normalized spacial score (nSPS) is 20.8. The molecule has 2 saturated heterocycles. The lowest BCUT2D eigenvalue weighted by Crippen LogP contribution is -2.59. The van der Waals surface area contributed by atoms with Gasteiger partial charge >= 0.3 is 0 Å². The van der Waals surface area contributed by atoms with E-state index in [2.05, 4.69) is 11.6 Å². The first-order chi connectivity index (χ1) is 21.4. The molecule has 0 aliphatic carbocycles. The van der Waals surface area contributed by atoms with Crippen molar-refractivity contribution in [2.24, 2.45) is 5.92 Å². The van der Waals surface area contributed by atoms with Crippen molar-refractivity contribution in [3.8, 4) is 16.9 Å². The van der Waals surface area contributed by atoms with E-state index in [4.69, 9.17) is 4.74 Å². The van der Waals surface area contributed by atoms with Gasteiger partial charge in [-0.1, -0.05) is 73.7 Å². The molecule has 2 aliphatic heterocycles. The number of nitrogens with zero attached hydrogens (tertiary/aromatic N) is 1. The molecule has 236 valence electrons. The second kappa shape index (κ2) is 12.2. The van der Waals surface area contributed by atoms with Crippen molar-refractivity contribution in [1.82, 2.24) is 9.62 Å². The molecule has 0 aromatic heterocycles. The van der Waals surface area contributed by atoms with Crippen LogP contribution in [0.25, 0.3) is 21.9 Å². The van der Waals surface area contributed by atoms with E-state index < -0.39 is 33.5 Å². The number of nitrogens with one attached hydrogen (secondary N) is 1. The van der Waals surface area contributed by atoms with Crippen molar-refractivity contribution >= 4 is 26.7 Å². The fourth-order valence-corrected chi connectivity index (χ4v) is 8.08. The Morgan fingerprint density at radius 2 is 1.47 bits per heavy atom. The molecular weight excluding hydrogens is 594 g/mol. The number of sulfonamides is 1. The van der Waals surface area contributed by atoms with Gasteiger partial charge < -0.3 is 9.64 Å². The van der Waals surface area contributed by atoms with Crippen LogP contribution in [0, 0.1) is 5.92 Å². The monoisotopic (exact) mass is 632 g/mol. The van der Waals surface area contributed by atoms with Gasteiger partial charge in [0, 0.05) is 17.6 Å². The minimum absolute atomic E-state index is 0.0321. The van der Waals surface area contributed by atoms with Gasteiger partial charge in [0.05, 0.1) is 11.0 Å². The predicted molar refractivity (Wildman–Crippen MR) is 172 cm³/mol. The van der Waals surface area contributed by atoms with Gasteiger partial charge in [-0.2, -0.15) is 13.5 Å². The van der Waals surface area contributed by atoms with E-state index in [-0.39, 0.29) is 23.1 Å². The van der Waals surface area contributed by atoms with Gasteiger partial charge in [0.25, 0.3) is 5.92 Å². The van der Waals surface area contributed by atoms with Gasteiger partial charge in [0.1, 0.15) is 5.75 Å². The molecule has 6 nitrogen and oxygen atoms in total. The summed E-state index contributed by atoms with van der Waals surface area (Å²) < 4.78 is 68.7. The Kier molecular flexibility index (Phi) is 8.43. The third-order valence-electron chi connectivity index (χ3n) is 8.95. The topological polar surface area (TPSA) is 75.7 Å². The standard InChI is InChI=1S/C36H38F2N2O4S/c1-23(2)44-32-17-11-28-22-33(18-12-27(28)21-32)45(42,43)39-34(35(41)40-30-15-16-31(40)20-24(3)19-30)36(37,38)29-13-9-26(10-14-29)25-7-5-4-6-8-25/h4-14,17-18,21-24,30-31,34,39H,15-16,19-20H2,1-3H3. The summed E-state index contributed by atoms with van der Waals surface area (Å²) in [6.07, 6.45) is 2.85. The highest BCUT2D eigenvalue weighted by Gasteiger charge is 2.53. The lowest BCUT2D eigenvalue weighted by molar-refractivity contribution is -0.149. The Morgan fingerprint density at radius 1 is 0.867 bits per heavy atom. The van der Waals surface area contributed by atoms with Crippen LogP contribution in [0.1, 0.15) is 52.0 Å². The van der Waals surface area contributed by atoms with Crippen LogP contribution in [0.3, 0.4) is 0 Å². The number of fused-ring (bicyclic) bond motifs is 3. The third-order valence-corrected chi connectivity index (χ3v) is 10.4. The summed E-state index contributed by atoms with van der Waals surface area (Å²) in [4.78, 5) is 15.5. The van der Waals surface area contributed by atoms with Crippen molar-refractivity contribution in [2.45, 2.75) is 81.5 Å². The van der Waals surface area contributed by atoms with Gasteiger partial charge in [-0.25, -0.2) is 8.42 Å². The zero-order valence-electron chi connectivity index (χ0n) is 25.6. The van der Waals surface area contributed by atoms with Crippen molar-refractivity contribution in [3.05, 3.63) is 96.6 Å². The number of amides is 1. The second-order valence-electron chi connectivity index (χ2n) is 12.7. The summed E-state index contributed by atoms with van der Waals surface area (Å²) in [5, 5.41) is 1.34. The van der Waals surface area contributed by atoms with Gasteiger partial charge in [-0.15, -0.1) is 0 Å². The van der Waals surface area contributed by atoms with Crippen LogP contribution in [-0.2, 0) is 20.7 Å². The minimum atomic E-state index is -4.54. The number of carbonyl (C=O) groups is 1. The van der Waals surface area contributed by atoms with Crippen LogP contribution in [0.4, 0.5) is 8.78 Å². The Morgan fingerprint density at radius 3 is 2.11 bits per heavy atom. The smallest absolute Gasteiger partial charge is 0.298 e. The van der Waals surface area contributed by atoms with E-state index in [0.717, 1.165) is 29.4 Å². The number of ether oxygens (including phenoxy) is 1. The maximum absolute atomic E-state index is 16.6. The molecule has 2 bridgehead atoms. The molecule has 45 heavy (non-hydrogen) atoms. The van der Waals surface area contributed by atoms with Crippen molar-refractivity contribution in [3.63, 3.8) is 0 Å². The van der Waals surface area contributed by atoms with Gasteiger partial charge in [-0.3, -0.25) is 4.79 Å². The number of piperidine rings is 1. The van der Waals surface area contributed by atoms with E-state index >= 15 is 8.78 Å². The van der Waals surface area contributed by atoms with Gasteiger partial charge in [-0.05, 0) is 91.6 Å². The Labute approximate surface area is 263 Å². The molecule has 4 aromatic carbocycles. The first-order valence-corrected chi connectivity index (χ1v) is 17.0. The van der Waals surface area contributed by atoms with E-state index in [0.29, 0.717) is 29.9 Å². The van der Waals surface area contributed by atoms with Crippen molar-refractivity contribution in [2.75, 3.05) is 0 Å². The molecule has 0 saturated carbocycles. The fraction of sp³-hybridized carbons (Fsp3) is 0.361. The number of benzene rings is 4. The first kappa shape index (κ1) is 31.2. The molecule has 2 fully saturated rings. The van der Waals surface area contributed by atoms with Gasteiger partial charge in [0.2, 0.25) is 15.9 Å². The SMILES string of the molecule is CC1CC2CCC(C1)N2C(=O)C(NS(=O)(=O)c1ccc2cc(OC(C)C)ccc2c1)C(F)(F)c1ccc(-c2ccccc2)cc1. The Bertz CT molecular complexity index is 1780. The van der Waals surface area contributed by atoms with Crippen LogP contribution in [-0.4, -0.2) is 43.5 Å². The Hall–Kier alpha value is -3.82. The molecule has 1 amide bonds. The average molecular weight is 633 g/mol. The van der Waals surface area contributed by atoms with Crippen molar-refractivity contribution in [1.29, 1.82) is 0 Å². The predicted octanol–water partition coefficient (Wildman–Crippen LogP) is 7.52. The van der Waals surface area contributed by atoms with Crippen LogP contribution in [0.2, 0.25) is 0 Å². The summed E-state index contributed by atoms with van der Waals surface area (Å²) in [6.45, 7) is 5.92. The number of rotatable bonds is 9. The number of hydrogen-bond acceptors (Lipinski definition) is 4. The lowest BCUT2D eigenvalue weighted by Gasteiger charge is -2.41. The average Bonchev–Trinajstić information content (AvgIpc) is 3.29. The second-order valence-corrected chi connectivity index (χ2v) is 14.4. The van der Waals surface area contributed by atoms with Crippen LogP contribution in [0.5, 0.6) is 5.75 Å². The molecule has 3 atom stereocenters. The molecule has 6 rings (SSSR count). The quantitative estimate of drug-likeness (QED) is 0.207. The number of halogens is 2. The molecule has 0 spiro atoms. The van der Waals surface area contributed by atoms with E-state index in [1.165, 1.54) is 29.2 Å². The van der Waals surface area contributed by atoms with Crippen LogP contribution in [0.15, 0.2) is 95.9 Å². The summed E-state index contributed by atoms with van der Waals surface area (Å²) in [6, 6.07) is 22.0. The van der Waals surface area contributed by atoms with E-state index in [9.17, 15) is 13.2 Å². The van der Waals surface area contributed by atoms with Crippen LogP contribution < -0.4 is 9.46 Å². The maximum Gasteiger partial charge on any atom is 0.298 e. The highest BCUT2D eigenvalue weighted by molar-refractivity contribution is 7.89. The molecule has 4 aromatic rings. The Balaban J connectivity index is 1.35. The highest BCUT2D eigenvalue weighted by atomic mass is 32.2. The molecule has 3 unspecified atom stereocenters. The molecule has 0 radical (unpaired) electrons. The number of carbonyl (C=O) groups excluding carboxylic acids is 1. The maximum atomic E-state index is 16.6.